The van der Waals surface area contributed by atoms with Crippen LogP contribution in [0.25, 0.3) is 10.9 Å². The molecule has 0 amide bonds. The Kier molecular flexibility index (Phi) is 3.54. The van der Waals surface area contributed by atoms with Crippen molar-refractivity contribution >= 4 is 74.7 Å². The topological polar surface area (TPSA) is 32.9 Å². The van der Waals surface area contributed by atoms with E-state index in [1.54, 1.807) is 12.1 Å². The molecule has 1 aromatic heterocycles. The van der Waals surface area contributed by atoms with E-state index in [1.807, 2.05) is 0 Å². The second-order valence-electron chi connectivity index (χ2n) is 3.34. The van der Waals surface area contributed by atoms with Crippen molar-refractivity contribution in [2.45, 2.75) is 3.79 Å². The van der Waals surface area contributed by atoms with E-state index >= 15 is 0 Å². The summed E-state index contributed by atoms with van der Waals surface area (Å²) in [6, 6.07) is 3.16. The van der Waals surface area contributed by atoms with Crippen molar-refractivity contribution in [2.75, 3.05) is 0 Å². The summed E-state index contributed by atoms with van der Waals surface area (Å²) in [5.74, 6) is -0.618. The second kappa shape index (κ2) is 4.52. The van der Waals surface area contributed by atoms with Crippen LogP contribution < -0.4 is 0 Å². The number of alkyl halides is 3. The van der Waals surface area contributed by atoms with Crippen molar-refractivity contribution in [3.05, 3.63) is 33.9 Å². The average Bonchev–Trinajstić information content (AvgIpc) is 2.59. The number of hydrogen-bond donors (Lipinski definition) is 1. The van der Waals surface area contributed by atoms with Crippen LogP contribution in [-0.2, 0) is 0 Å². The van der Waals surface area contributed by atoms with Gasteiger partial charge >= 0.3 is 0 Å². The number of halogens is 5. The van der Waals surface area contributed by atoms with E-state index in [-0.39, 0.29) is 5.56 Å². The molecule has 2 nitrogen and oxygen atoms in total. The van der Waals surface area contributed by atoms with Gasteiger partial charge in [-0.3, -0.25) is 4.79 Å². The van der Waals surface area contributed by atoms with E-state index < -0.39 is 9.58 Å². The van der Waals surface area contributed by atoms with Gasteiger partial charge in [0, 0.05) is 22.7 Å². The summed E-state index contributed by atoms with van der Waals surface area (Å²) >= 11 is 28.4. The summed E-state index contributed by atoms with van der Waals surface area (Å²) in [5.41, 5.74) is 0.913. The van der Waals surface area contributed by atoms with E-state index in [1.165, 1.54) is 6.20 Å². The van der Waals surface area contributed by atoms with Crippen LogP contribution in [0.4, 0.5) is 0 Å². The second-order valence-corrected chi connectivity index (χ2v) is 6.44. The van der Waals surface area contributed by atoms with Gasteiger partial charge in [0.25, 0.3) is 3.79 Å². The summed E-state index contributed by atoms with van der Waals surface area (Å²) in [4.78, 5) is 14.7. The molecule has 0 spiro atoms. The highest BCUT2D eigenvalue weighted by molar-refractivity contribution is 6.77. The number of Topliss-reactive ketones (excluding diaryl/α,β-unsaturated/α-hetero) is 1. The Labute approximate surface area is 122 Å². The Balaban J connectivity index is 2.65. The quantitative estimate of drug-likeness (QED) is 0.577. The first-order valence-electron chi connectivity index (χ1n) is 4.38. The van der Waals surface area contributed by atoms with Crippen molar-refractivity contribution in [3.63, 3.8) is 0 Å². The van der Waals surface area contributed by atoms with E-state index in [0.29, 0.717) is 20.9 Å². The molecule has 0 atom stereocenters. The molecular formula is C10H4Cl5NO. The molecule has 0 fully saturated rings. The molecule has 0 bridgehead atoms. The molecule has 0 radical (unpaired) electrons. The van der Waals surface area contributed by atoms with Crippen LogP contribution in [0.3, 0.4) is 0 Å². The van der Waals surface area contributed by atoms with Crippen LogP contribution >= 0.6 is 58.0 Å². The van der Waals surface area contributed by atoms with Gasteiger partial charge in [0.1, 0.15) is 0 Å². The van der Waals surface area contributed by atoms with Crippen LogP contribution in [0.5, 0.6) is 0 Å². The predicted octanol–water partition coefficient (Wildman–Crippen LogP) is 5.03. The first-order valence-corrected chi connectivity index (χ1v) is 6.27. The van der Waals surface area contributed by atoms with Crippen molar-refractivity contribution in [1.29, 1.82) is 0 Å². The highest BCUT2D eigenvalue weighted by Crippen LogP contribution is 2.35. The van der Waals surface area contributed by atoms with Gasteiger partial charge < -0.3 is 4.98 Å². The van der Waals surface area contributed by atoms with Gasteiger partial charge in [-0.25, -0.2) is 0 Å². The van der Waals surface area contributed by atoms with Gasteiger partial charge in [0.2, 0.25) is 5.78 Å². The van der Waals surface area contributed by atoms with Gasteiger partial charge in [-0.15, -0.1) is 0 Å². The molecule has 0 aliphatic carbocycles. The Morgan fingerprint density at radius 2 is 1.71 bits per heavy atom. The largest absolute Gasteiger partial charge is 0.360 e. The van der Waals surface area contributed by atoms with Gasteiger partial charge in [-0.2, -0.15) is 0 Å². The number of ketones is 1. The molecule has 0 saturated heterocycles. The molecule has 2 aromatic rings. The number of nitrogens with one attached hydrogen (secondary N) is 1. The van der Waals surface area contributed by atoms with Crippen LogP contribution in [0.2, 0.25) is 10.0 Å². The summed E-state index contributed by atoms with van der Waals surface area (Å²) < 4.78 is -2.00. The minimum absolute atomic E-state index is 0.263. The molecule has 2 rings (SSSR count). The Bertz CT molecular complexity index is 598. The van der Waals surface area contributed by atoms with E-state index in [2.05, 4.69) is 4.98 Å². The highest BCUT2D eigenvalue weighted by atomic mass is 35.6. The molecule has 7 heteroatoms. The van der Waals surface area contributed by atoms with Crippen LogP contribution in [0, 0.1) is 0 Å². The number of hydrogen-bond acceptors (Lipinski definition) is 1. The molecule has 90 valence electrons. The molecule has 0 unspecified atom stereocenters. The lowest BCUT2D eigenvalue weighted by atomic mass is 10.1. The van der Waals surface area contributed by atoms with Crippen LogP contribution in [0.1, 0.15) is 10.4 Å². The third-order valence-corrected chi connectivity index (χ3v) is 3.46. The molecular weight excluding hydrogens is 327 g/mol. The van der Waals surface area contributed by atoms with Crippen LogP contribution in [-0.4, -0.2) is 14.6 Å². The zero-order chi connectivity index (χ0) is 12.8. The summed E-state index contributed by atoms with van der Waals surface area (Å²) in [6.07, 6.45) is 1.46. The maximum atomic E-state index is 11.8. The normalized spacial score (nSPS) is 12.1. The van der Waals surface area contributed by atoms with Crippen molar-refractivity contribution < 1.29 is 4.79 Å². The van der Waals surface area contributed by atoms with Gasteiger partial charge in [-0.1, -0.05) is 58.0 Å². The fourth-order valence-corrected chi connectivity index (χ4v) is 2.09. The molecule has 1 aromatic carbocycles. The van der Waals surface area contributed by atoms with Crippen molar-refractivity contribution in [3.8, 4) is 0 Å². The maximum Gasteiger partial charge on any atom is 0.253 e. The predicted molar refractivity (Wildman–Crippen MR) is 72.9 cm³/mol. The number of carbonyl (C=O) groups is 1. The van der Waals surface area contributed by atoms with Crippen molar-refractivity contribution in [1.82, 2.24) is 4.98 Å². The molecule has 0 aliphatic heterocycles. The number of aromatic nitrogens is 1. The van der Waals surface area contributed by atoms with Gasteiger partial charge in [-0.05, 0) is 12.1 Å². The number of fused-ring (bicyclic) bond motifs is 1. The SMILES string of the molecule is O=C(c1c[nH]c2cc(Cl)c(Cl)cc12)C(Cl)(Cl)Cl. The van der Waals surface area contributed by atoms with Gasteiger partial charge in [0.05, 0.1) is 10.0 Å². The number of benzene rings is 1. The minimum Gasteiger partial charge on any atom is -0.360 e. The lowest BCUT2D eigenvalue weighted by Crippen LogP contribution is -2.18. The molecule has 1 heterocycles. The Hall–Kier alpha value is -0.120. The zero-order valence-electron chi connectivity index (χ0n) is 8.03. The smallest absolute Gasteiger partial charge is 0.253 e. The first kappa shape index (κ1) is 13.3. The Morgan fingerprint density at radius 3 is 2.29 bits per heavy atom. The summed E-state index contributed by atoms with van der Waals surface area (Å²) in [7, 11) is 0. The molecule has 0 aliphatic rings. The third kappa shape index (κ3) is 2.51. The molecule has 0 saturated carbocycles. The number of carbonyl (C=O) groups excluding carboxylic acids is 1. The number of rotatable bonds is 1. The fraction of sp³-hybridized carbons (Fsp3) is 0.100. The van der Waals surface area contributed by atoms with Crippen LogP contribution in [0.15, 0.2) is 18.3 Å². The summed E-state index contributed by atoms with van der Waals surface area (Å²) in [5, 5.41) is 1.28. The lowest BCUT2D eigenvalue weighted by molar-refractivity contribution is 0.0998. The fourth-order valence-electron chi connectivity index (χ4n) is 1.46. The van der Waals surface area contributed by atoms with Crippen molar-refractivity contribution in [2.24, 2.45) is 0 Å². The lowest BCUT2D eigenvalue weighted by Gasteiger charge is -2.08. The first-order chi connectivity index (χ1) is 7.80. The number of H-pyrrole nitrogens is 1. The maximum absolute atomic E-state index is 11.8. The third-order valence-electron chi connectivity index (χ3n) is 2.22. The van der Waals surface area contributed by atoms with E-state index in [4.69, 9.17) is 58.0 Å². The standard InChI is InChI=1S/C10H4Cl5NO/c11-6-1-4-5(9(17)10(13,14)15)3-16-8(4)2-7(6)12/h1-3,16H. The highest BCUT2D eigenvalue weighted by Gasteiger charge is 2.33. The zero-order valence-corrected chi connectivity index (χ0v) is 11.8. The number of aromatic amines is 1. The average molecular weight is 331 g/mol. The van der Waals surface area contributed by atoms with Gasteiger partial charge in [0.15, 0.2) is 0 Å². The van der Waals surface area contributed by atoms with E-state index in [0.717, 1.165) is 0 Å². The summed E-state index contributed by atoms with van der Waals surface area (Å²) in [6.45, 7) is 0. The molecule has 17 heavy (non-hydrogen) atoms. The molecule has 1 N–H and O–H groups in total. The Morgan fingerprint density at radius 1 is 1.12 bits per heavy atom. The van der Waals surface area contributed by atoms with E-state index in [9.17, 15) is 4.79 Å². The monoisotopic (exact) mass is 329 g/mol. The minimum atomic E-state index is -2.00.